The van der Waals surface area contributed by atoms with Crippen molar-refractivity contribution in [1.29, 1.82) is 0 Å². The van der Waals surface area contributed by atoms with Crippen LogP contribution in [0.3, 0.4) is 0 Å². The predicted octanol–water partition coefficient (Wildman–Crippen LogP) is 3.44. The Morgan fingerprint density at radius 3 is 2.63 bits per heavy atom. The summed E-state index contributed by atoms with van der Waals surface area (Å²) >= 11 is 0. The molecule has 4 heteroatoms. The minimum atomic E-state index is -2.26. The molecule has 1 aromatic carbocycles. The molecule has 0 amide bonds. The number of halogens is 2. The normalized spacial score (nSPS) is 15.9. The zero-order valence-corrected chi connectivity index (χ0v) is 11.7. The van der Waals surface area contributed by atoms with Gasteiger partial charge >= 0.3 is 0 Å². The van der Waals surface area contributed by atoms with Crippen LogP contribution in [0, 0.1) is 0 Å². The lowest BCUT2D eigenvalue weighted by Gasteiger charge is -2.31. The van der Waals surface area contributed by atoms with Crippen molar-refractivity contribution in [1.82, 2.24) is 4.90 Å². The highest BCUT2D eigenvalue weighted by Crippen LogP contribution is 2.35. The van der Waals surface area contributed by atoms with E-state index in [4.69, 9.17) is 4.74 Å². The van der Waals surface area contributed by atoms with E-state index in [1.54, 1.807) is 7.11 Å². The number of methoxy groups -OCH3 is 1. The van der Waals surface area contributed by atoms with E-state index in [9.17, 15) is 8.78 Å². The lowest BCUT2D eigenvalue weighted by Crippen LogP contribution is -2.34. The summed E-state index contributed by atoms with van der Waals surface area (Å²) in [6.45, 7) is 5.46. The summed E-state index contributed by atoms with van der Waals surface area (Å²) in [5, 5.41) is 0. The molecule has 19 heavy (non-hydrogen) atoms. The number of hydrogen-bond acceptors (Lipinski definition) is 2. The Labute approximate surface area is 113 Å². The van der Waals surface area contributed by atoms with Crippen molar-refractivity contribution < 1.29 is 13.5 Å². The summed E-state index contributed by atoms with van der Waals surface area (Å²) in [5.41, 5.74) is 3.69. The van der Waals surface area contributed by atoms with Crippen molar-refractivity contribution in [2.24, 2.45) is 0 Å². The van der Waals surface area contributed by atoms with Gasteiger partial charge in [0.05, 0.1) is 13.7 Å². The molecule has 1 aromatic rings. The summed E-state index contributed by atoms with van der Waals surface area (Å²) < 4.78 is 30.4. The molecule has 1 heterocycles. The Kier molecular flexibility index (Phi) is 4.40. The van der Waals surface area contributed by atoms with Crippen LogP contribution in [0.4, 0.5) is 8.78 Å². The van der Waals surface area contributed by atoms with E-state index in [0.29, 0.717) is 19.0 Å². The summed E-state index contributed by atoms with van der Waals surface area (Å²) in [7, 11) is 1.68. The molecule has 2 rings (SSSR count). The lowest BCUT2D eigenvalue weighted by atomic mass is 9.88. The van der Waals surface area contributed by atoms with Crippen LogP contribution >= 0.6 is 0 Å². The van der Waals surface area contributed by atoms with E-state index in [-0.39, 0.29) is 6.54 Å². The first kappa shape index (κ1) is 14.3. The second-order valence-electron chi connectivity index (χ2n) is 5.35. The van der Waals surface area contributed by atoms with E-state index in [1.807, 2.05) is 17.0 Å². The topological polar surface area (TPSA) is 12.5 Å². The average Bonchev–Trinajstić information content (AvgIpc) is 2.36. The number of benzene rings is 1. The maximum atomic E-state index is 12.5. The van der Waals surface area contributed by atoms with Crippen molar-refractivity contribution in [3.63, 3.8) is 0 Å². The maximum Gasteiger partial charge on any atom is 0.251 e. The summed E-state index contributed by atoms with van der Waals surface area (Å²) in [4.78, 5) is 1.82. The highest BCUT2D eigenvalue weighted by molar-refractivity contribution is 5.48. The minimum absolute atomic E-state index is 0.136. The van der Waals surface area contributed by atoms with Crippen LogP contribution in [0.2, 0.25) is 0 Å². The van der Waals surface area contributed by atoms with Gasteiger partial charge in [0.1, 0.15) is 5.75 Å². The molecular weight excluding hydrogens is 248 g/mol. The molecule has 0 saturated carbocycles. The molecule has 0 aliphatic carbocycles. The molecule has 0 bridgehead atoms. The smallest absolute Gasteiger partial charge is 0.251 e. The van der Waals surface area contributed by atoms with Crippen molar-refractivity contribution in [2.45, 2.75) is 39.2 Å². The maximum absolute atomic E-state index is 12.5. The van der Waals surface area contributed by atoms with Crippen LogP contribution in [-0.2, 0) is 13.0 Å². The van der Waals surface area contributed by atoms with Gasteiger partial charge in [-0.3, -0.25) is 4.90 Å². The monoisotopic (exact) mass is 269 g/mol. The van der Waals surface area contributed by atoms with Crippen LogP contribution in [0.1, 0.15) is 36.5 Å². The predicted molar refractivity (Wildman–Crippen MR) is 72.1 cm³/mol. The third kappa shape index (κ3) is 3.06. The highest BCUT2D eigenvalue weighted by atomic mass is 19.3. The second-order valence-corrected chi connectivity index (χ2v) is 5.35. The van der Waals surface area contributed by atoms with Crippen LogP contribution in [0.15, 0.2) is 12.1 Å². The van der Waals surface area contributed by atoms with Crippen LogP contribution < -0.4 is 4.74 Å². The zero-order valence-electron chi connectivity index (χ0n) is 11.7. The molecule has 0 atom stereocenters. The fourth-order valence-electron chi connectivity index (χ4n) is 2.88. The highest BCUT2D eigenvalue weighted by Gasteiger charge is 2.23. The van der Waals surface area contributed by atoms with Gasteiger partial charge in [-0.2, -0.15) is 0 Å². The first-order chi connectivity index (χ1) is 9.02. The van der Waals surface area contributed by atoms with Gasteiger partial charge in [-0.1, -0.05) is 19.9 Å². The molecule has 0 unspecified atom stereocenters. The molecule has 0 radical (unpaired) electrons. The van der Waals surface area contributed by atoms with Crippen molar-refractivity contribution in [3.05, 3.63) is 28.8 Å². The van der Waals surface area contributed by atoms with E-state index in [0.717, 1.165) is 17.7 Å². The molecule has 0 spiro atoms. The van der Waals surface area contributed by atoms with Gasteiger partial charge in [-0.05, 0) is 29.5 Å². The first-order valence-electron chi connectivity index (χ1n) is 6.72. The minimum Gasteiger partial charge on any atom is -0.496 e. The number of alkyl halides is 2. The third-order valence-electron chi connectivity index (χ3n) is 3.68. The summed E-state index contributed by atoms with van der Waals surface area (Å²) in [6, 6.07) is 3.97. The number of nitrogens with zero attached hydrogens (tertiary/aromatic N) is 1. The lowest BCUT2D eigenvalue weighted by molar-refractivity contribution is 0.0819. The summed E-state index contributed by atoms with van der Waals surface area (Å²) in [6.07, 6.45) is -1.43. The van der Waals surface area contributed by atoms with E-state index in [1.165, 1.54) is 11.1 Å². The van der Waals surface area contributed by atoms with Crippen LogP contribution in [0.5, 0.6) is 5.75 Å². The largest absolute Gasteiger partial charge is 0.496 e. The van der Waals surface area contributed by atoms with Crippen molar-refractivity contribution >= 4 is 0 Å². The van der Waals surface area contributed by atoms with Gasteiger partial charge in [0.15, 0.2) is 0 Å². The van der Waals surface area contributed by atoms with Gasteiger partial charge in [0.25, 0.3) is 6.43 Å². The van der Waals surface area contributed by atoms with E-state index >= 15 is 0 Å². The Morgan fingerprint density at radius 2 is 2.05 bits per heavy atom. The van der Waals surface area contributed by atoms with Crippen molar-refractivity contribution in [3.8, 4) is 5.75 Å². The SMILES string of the molecule is COc1ccc2c(c1C(C)C)CCN(CC(F)F)C2. The molecule has 1 aliphatic rings. The number of hydrogen-bond donors (Lipinski definition) is 0. The van der Waals surface area contributed by atoms with Crippen LogP contribution in [-0.4, -0.2) is 31.5 Å². The number of fused-ring (bicyclic) bond motifs is 1. The fraction of sp³-hybridized carbons (Fsp3) is 0.600. The zero-order chi connectivity index (χ0) is 14.0. The standard InChI is InChI=1S/C15H21F2NO/c1-10(2)15-12-6-7-18(9-14(16)17)8-11(12)4-5-13(15)19-3/h4-5,10,14H,6-9H2,1-3H3. The second kappa shape index (κ2) is 5.87. The van der Waals surface area contributed by atoms with Crippen LogP contribution in [0.25, 0.3) is 0 Å². The first-order valence-corrected chi connectivity index (χ1v) is 6.72. The van der Waals surface area contributed by atoms with Gasteiger partial charge in [-0.15, -0.1) is 0 Å². The average molecular weight is 269 g/mol. The molecule has 0 fully saturated rings. The fourth-order valence-corrected chi connectivity index (χ4v) is 2.88. The van der Waals surface area contributed by atoms with Gasteiger partial charge in [0, 0.05) is 18.7 Å². The van der Waals surface area contributed by atoms with Gasteiger partial charge in [0.2, 0.25) is 0 Å². The molecule has 0 N–H and O–H groups in total. The quantitative estimate of drug-likeness (QED) is 0.830. The Hall–Kier alpha value is -1.16. The molecular formula is C15H21F2NO. The Balaban J connectivity index is 2.30. The molecule has 2 nitrogen and oxygen atoms in total. The number of rotatable bonds is 4. The molecule has 1 aliphatic heterocycles. The van der Waals surface area contributed by atoms with Gasteiger partial charge in [-0.25, -0.2) is 8.78 Å². The Morgan fingerprint density at radius 1 is 1.32 bits per heavy atom. The van der Waals surface area contributed by atoms with E-state index < -0.39 is 6.43 Å². The molecule has 106 valence electrons. The van der Waals surface area contributed by atoms with Crippen molar-refractivity contribution in [2.75, 3.05) is 20.2 Å². The Bertz CT molecular complexity index is 446. The van der Waals surface area contributed by atoms with Gasteiger partial charge < -0.3 is 4.74 Å². The summed E-state index contributed by atoms with van der Waals surface area (Å²) in [5.74, 6) is 1.29. The molecule has 0 aromatic heterocycles. The molecule has 0 saturated heterocycles. The number of ether oxygens (including phenoxy) is 1. The van der Waals surface area contributed by atoms with E-state index in [2.05, 4.69) is 13.8 Å². The third-order valence-corrected chi connectivity index (χ3v) is 3.68.